The van der Waals surface area contributed by atoms with Gasteiger partial charge in [-0.15, -0.1) is 0 Å². The third-order valence-corrected chi connectivity index (χ3v) is 3.33. The number of amides is 1. The molecule has 3 rings (SSSR count). The average Bonchev–Trinajstić information content (AvgIpc) is 3.09. The van der Waals surface area contributed by atoms with E-state index in [-0.39, 0.29) is 0 Å². The maximum absolute atomic E-state index is 13.1. The Bertz CT molecular complexity index is 625. The molecule has 0 radical (unpaired) electrons. The minimum atomic E-state index is -2.81. The summed E-state index contributed by atoms with van der Waals surface area (Å²) in [7, 11) is 0. The zero-order chi connectivity index (χ0) is 14.9. The van der Waals surface area contributed by atoms with Crippen LogP contribution in [0, 0.1) is 0 Å². The first-order valence-corrected chi connectivity index (χ1v) is 6.56. The summed E-state index contributed by atoms with van der Waals surface area (Å²) < 4.78 is 27.8. The number of hydrogen-bond donors (Lipinski definition) is 2. The highest BCUT2D eigenvalue weighted by atomic mass is 19.3. The van der Waals surface area contributed by atoms with Crippen LogP contribution in [0.3, 0.4) is 0 Å². The fraction of sp³-hybridized carbons (Fsp3) is 0.286. The molecule has 7 heteroatoms. The molecule has 1 fully saturated rings. The molecule has 21 heavy (non-hydrogen) atoms. The third-order valence-electron chi connectivity index (χ3n) is 3.33. The van der Waals surface area contributed by atoms with E-state index in [1.54, 1.807) is 41.3 Å². The summed E-state index contributed by atoms with van der Waals surface area (Å²) in [5.41, 5.74) is 1.41. The lowest BCUT2D eigenvalue weighted by molar-refractivity contribution is -0.118. The second-order valence-corrected chi connectivity index (χ2v) is 4.98. The molecule has 0 spiro atoms. The number of rotatable bonds is 3. The minimum absolute atomic E-state index is 0.445. The number of benzene rings is 1. The van der Waals surface area contributed by atoms with Crippen molar-refractivity contribution in [3.63, 3.8) is 0 Å². The molecule has 2 aromatic rings. The van der Waals surface area contributed by atoms with E-state index >= 15 is 0 Å². The Morgan fingerprint density at radius 1 is 1.38 bits per heavy atom. The summed E-state index contributed by atoms with van der Waals surface area (Å²) in [6.07, 6.45) is 3.00. The highest BCUT2D eigenvalue weighted by Crippen LogP contribution is 2.25. The van der Waals surface area contributed by atoms with Gasteiger partial charge in [0.1, 0.15) is 0 Å². The highest BCUT2D eigenvalue weighted by Gasteiger charge is 2.42. The van der Waals surface area contributed by atoms with Crippen LogP contribution in [0.25, 0.3) is 5.69 Å². The molecule has 5 nitrogen and oxygen atoms in total. The van der Waals surface area contributed by atoms with Crippen LogP contribution in [0.15, 0.2) is 42.7 Å². The topological polar surface area (TPSA) is 59.0 Å². The van der Waals surface area contributed by atoms with Gasteiger partial charge in [-0.1, -0.05) is 0 Å². The van der Waals surface area contributed by atoms with Crippen molar-refractivity contribution in [3.05, 3.63) is 42.7 Å². The Kier molecular flexibility index (Phi) is 3.42. The molecule has 1 atom stereocenters. The summed E-state index contributed by atoms with van der Waals surface area (Å²) in [5, 5.41) is 9.25. The molecule has 1 aromatic carbocycles. The SMILES string of the molecule is O=C(Nc1ccc(-n2cccn2)cc1)C1CC(F)(F)CN1. The Morgan fingerprint density at radius 2 is 2.14 bits per heavy atom. The molecule has 110 valence electrons. The first kappa shape index (κ1) is 13.7. The molecule has 0 saturated carbocycles. The lowest BCUT2D eigenvalue weighted by atomic mass is 10.2. The van der Waals surface area contributed by atoms with Crippen molar-refractivity contribution in [1.82, 2.24) is 15.1 Å². The quantitative estimate of drug-likeness (QED) is 0.907. The summed E-state index contributed by atoms with van der Waals surface area (Å²) in [4.78, 5) is 11.9. The van der Waals surface area contributed by atoms with E-state index in [9.17, 15) is 13.6 Å². The largest absolute Gasteiger partial charge is 0.325 e. The van der Waals surface area contributed by atoms with Crippen molar-refractivity contribution >= 4 is 11.6 Å². The van der Waals surface area contributed by atoms with Gasteiger partial charge in [-0.3, -0.25) is 10.1 Å². The Hall–Kier alpha value is -2.28. The number of nitrogens with zero attached hydrogens (tertiary/aromatic N) is 2. The van der Waals surface area contributed by atoms with Gasteiger partial charge in [0.25, 0.3) is 5.92 Å². The smallest absolute Gasteiger partial charge is 0.262 e. The zero-order valence-electron chi connectivity index (χ0n) is 11.1. The van der Waals surface area contributed by atoms with Crippen LogP contribution in [0.2, 0.25) is 0 Å². The van der Waals surface area contributed by atoms with Crippen LogP contribution >= 0.6 is 0 Å². The third kappa shape index (κ3) is 3.08. The minimum Gasteiger partial charge on any atom is -0.325 e. The first-order valence-electron chi connectivity index (χ1n) is 6.56. The summed E-state index contributed by atoms with van der Waals surface area (Å²) in [6.45, 7) is -0.455. The van der Waals surface area contributed by atoms with Gasteiger partial charge in [0.15, 0.2) is 0 Å². The second-order valence-electron chi connectivity index (χ2n) is 4.98. The predicted molar refractivity (Wildman–Crippen MR) is 73.5 cm³/mol. The van der Waals surface area contributed by atoms with Gasteiger partial charge in [-0.2, -0.15) is 5.10 Å². The van der Waals surface area contributed by atoms with E-state index in [2.05, 4.69) is 15.7 Å². The highest BCUT2D eigenvalue weighted by molar-refractivity contribution is 5.95. The van der Waals surface area contributed by atoms with E-state index in [0.29, 0.717) is 5.69 Å². The molecule has 0 bridgehead atoms. The number of carbonyl (C=O) groups excluding carboxylic acids is 1. The maximum atomic E-state index is 13.1. The molecule has 1 aliphatic rings. The van der Waals surface area contributed by atoms with Crippen molar-refractivity contribution in [2.45, 2.75) is 18.4 Å². The second kappa shape index (κ2) is 5.25. The van der Waals surface area contributed by atoms with Crippen molar-refractivity contribution in [3.8, 4) is 5.69 Å². The van der Waals surface area contributed by atoms with E-state index in [0.717, 1.165) is 5.69 Å². The van der Waals surface area contributed by atoms with Gasteiger partial charge in [-0.05, 0) is 30.3 Å². The molecule has 1 amide bonds. The molecule has 1 aromatic heterocycles. The van der Waals surface area contributed by atoms with Crippen LogP contribution in [-0.4, -0.2) is 34.2 Å². The number of aromatic nitrogens is 2. The predicted octanol–water partition coefficient (Wildman–Crippen LogP) is 1.81. The van der Waals surface area contributed by atoms with Gasteiger partial charge in [0.2, 0.25) is 5.91 Å². The van der Waals surface area contributed by atoms with Crippen molar-refractivity contribution in [2.24, 2.45) is 0 Å². The van der Waals surface area contributed by atoms with Crippen molar-refractivity contribution < 1.29 is 13.6 Å². The van der Waals surface area contributed by atoms with Gasteiger partial charge in [0, 0.05) is 24.5 Å². The van der Waals surface area contributed by atoms with Gasteiger partial charge in [0.05, 0.1) is 18.3 Å². The van der Waals surface area contributed by atoms with Crippen molar-refractivity contribution in [1.29, 1.82) is 0 Å². The van der Waals surface area contributed by atoms with Crippen LogP contribution in [-0.2, 0) is 4.79 Å². The Labute approximate surface area is 120 Å². The fourth-order valence-electron chi connectivity index (χ4n) is 2.25. The molecule has 1 aliphatic heterocycles. The summed E-state index contributed by atoms with van der Waals surface area (Å²) in [6, 6.07) is 7.95. The van der Waals surface area contributed by atoms with E-state index in [1.807, 2.05) is 6.07 Å². The standard InChI is InChI=1S/C14H14F2N4O/c15-14(16)8-12(17-9-14)13(21)19-10-2-4-11(5-3-10)20-7-1-6-18-20/h1-7,12,17H,8-9H2,(H,19,21). The van der Waals surface area contributed by atoms with Crippen LogP contribution in [0.1, 0.15) is 6.42 Å². The normalized spacial score (nSPS) is 20.4. The number of alkyl halides is 2. The van der Waals surface area contributed by atoms with Gasteiger partial charge >= 0.3 is 0 Å². The van der Waals surface area contributed by atoms with Crippen LogP contribution < -0.4 is 10.6 Å². The van der Waals surface area contributed by atoms with Crippen LogP contribution in [0.5, 0.6) is 0 Å². The lowest BCUT2D eigenvalue weighted by Crippen LogP contribution is -2.35. The fourth-order valence-corrected chi connectivity index (χ4v) is 2.25. The van der Waals surface area contributed by atoms with E-state index < -0.39 is 30.8 Å². The van der Waals surface area contributed by atoms with Gasteiger partial charge in [-0.25, -0.2) is 13.5 Å². The van der Waals surface area contributed by atoms with Crippen molar-refractivity contribution in [2.75, 3.05) is 11.9 Å². The van der Waals surface area contributed by atoms with E-state index in [1.165, 1.54) is 0 Å². The monoisotopic (exact) mass is 292 g/mol. The zero-order valence-corrected chi connectivity index (χ0v) is 11.1. The molecular weight excluding hydrogens is 278 g/mol. The number of hydrogen-bond acceptors (Lipinski definition) is 3. The van der Waals surface area contributed by atoms with Gasteiger partial charge < -0.3 is 5.32 Å². The molecular formula is C14H14F2N4O. The first-order chi connectivity index (χ1) is 10.0. The molecule has 0 aliphatic carbocycles. The summed E-state index contributed by atoms with van der Waals surface area (Å²) in [5.74, 6) is -3.26. The molecule has 1 unspecified atom stereocenters. The average molecular weight is 292 g/mol. The number of anilines is 1. The molecule has 1 saturated heterocycles. The lowest BCUT2D eigenvalue weighted by Gasteiger charge is -2.11. The number of nitrogens with one attached hydrogen (secondary N) is 2. The Morgan fingerprint density at radius 3 is 2.71 bits per heavy atom. The van der Waals surface area contributed by atoms with E-state index in [4.69, 9.17) is 0 Å². The molecule has 2 N–H and O–H groups in total. The number of carbonyl (C=O) groups is 1. The maximum Gasteiger partial charge on any atom is 0.262 e. The van der Waals surface area contributed by atoms with Crippen LogP contribution in [0.4, 0.5) is 14.5 Å². The Balaban J connectivity index is 1.64. The number of halogens is 2. The summed E-state index contributed by atoms with van der Waals surface area (Å²) >= 11 is 0. The molecule has 2 heterocycles.